The summed E-state index contributed by atoms with van der Waals surface area (Å²) in [4.78, 5) is 4.32. The molecule has 0 amide bonds. The second-order valence-corrected chi connectivity index (χ2v) is 5.16. The molecule has 2 rings (SSSR count). The van der Waals surface area contributed by atoms with Gasteiger partial charge in [0.15, 0.2) is 0 Å². The maximum Gasteiger partial charge on any atom is 0.222 e. The second-order valence-electron chi connectivity index (χ2n) is 5.16. The van der Waals surface area contributed by atoms with Crippen molar-refractivity contribution in [1.29, 1.82) is 0 Å². The van der Waals surface area contributed by atoms with E-state index in [2.05, 4.69) is 17.2 Å². The molecule has 0 spiro atoms. The van der Waals surface area contributed by atoms with Crippen LogP contribution in [-0.2, 0) is 6.54 Å². The molecular formula is C17H21FN2O. The molecular weight excluding hydrogens is 267 g/mol. The molecule has 21 heavy (non-hydrogen) atoms. The summed E-state index contributed by atoms with van der Waals surface area (Å²) in [7, 11) is 0. The van der Waals surface area contributed by atoms with E-state index in [9.17, 15) is 4.39 Å². The zero-order valence-corrected chi connectivity index (χ0v) is 12.7. The molecule has 0 aliphatic rings. The topological polar surface area (TPSA) is 34.2 Å². The van der Waals surface area contributed by atoms with Gasteiger partial charge < -0.3 is 10.1 Å². The maximum absolute atomic E-state index is 13.5. The molecule has 0 atom stereocenters. The number of ether oxygens (including phenoxy) is 1. The van der Waals surface area contributed by atoms with Gasteiger partial charge in [-0.05, 0) is 50.1 Å². The third-order valence-electron chi connectivity index (χ3n) is 3.20. The lowest BCUT2D eigenvalue weighted by atomic mass is 10.2. The van der Waals surface area contributed by atoms with Crippen molar-refractivity contribution in [2.24, 2.45) is 0 Å². The van der Waals surface area contributed by atoms with Crippen LogP contribution in [0.4, 0.5) is 4.39 Å². The van der Waals surface area contributed by atoms with Gasteiger partial charge >= 0.3 is 0 Å². The van der Waals surface area contributed by atoms with E-state index >= 15 is 0 Å². The molecule has 0 radical (unpaired) electrons. The fraction of sp³-hybridized carbons (Fsp3) is 0.353. The summed E-state index contributed by atoms with van der Waals surface area (Å²) in [6, 6.07) is 6.86. The average Bonchev–Trinajstić information content (AvgIpc) is 2.46. The van der Waals surface area contributed by atoms with Crippen molar-refractivity contribution >= 4 is 0 Å². The van der Waals surface area contributed by atoms with Crippen molar-refractivity contribution in [1.82, 2.24) is 10.3 Å². The Morgan fingerprint density at radius 3 is 2.67 bits per heavy atom. The summed E-state index contributed by atoms with van der Waals surface area (Å²) in [5.41, 5.74) is 2.65. The second kappa shape index (κ2) is 7.18. The molecule has 112 valence electrons. The van der Waals surface area contributed by atoms with Crippen LogP contribution < -0.4 is 10.1 Å². The molecule has 1 N–H and O–H groups in total. The first-order valence-electron chi connectivity index (χ1n) is 7.20. The van der Waals surface area contributed by atoms with Crippen LogP contribution in [0, 0.1) is 19.7 Å². The van der Waals surface area contributed by atoms with E-state index in [1.54, 1.807) is 25.3 Å². The van der Waals surface area contributed by atoms with E-state index < -0.39 is 0 Å². The lowest BCUT2D eigenvalue weighted by Gasteiger charge is -2.10. The van der Waals surface area contributed by atoms with Crippen LogP contribution in [0.1, 0.15) is 30.0 Å². The number of benzene rings is 1. The predicted octanol–water partition coefficient (Wildman–Crippen LogP) is 4.13. The Labute approximate surface area is 125 Å². The quantitative estimate of drug-likeness (QED) is 0.812. The highest BCUT2D eigenvalue weighted by Gasteiger charge is 2.06. The maximum atomic E-state index is 13.5. The van der Waals surface area contributed by atoms with Gasteiger partial charge in [0, 0.05) is 24.4 Å². The zero-order chi connectivity index (χ0) is 15.2. The van der Waals surface area contributed by atoms with Crippen molar-refractivity contribution in [2.75, 3.05) is 6.54 Å². The molecule has 1 aromatic heterocycles. The van der Waals surface area contributed by atoms with Gasteiger partial charge in [-0.1, -0.05) is 13.0 Å². The minimum Gasteiger partial charge on any atom is -0.439 e. The number of aryl methyl sites for hydroxylation is 2. The molecule has 0 fully saturated rings. The van der Waals surface area contributed by atoms with Gasteiger partial charge in [-0.2, -0.15) is 0 Å². The van der Waals surface area contributed by atoms with E-state index in [0.29, 0.717) is 17.2 Å². The summed E-state index contributed by atoms with van der Waals surface area (Å²) < 4.78 is 19.2. The molecule has 0 aliphatic carbocycles. The molecule has 1 heterocycles. The van der Waals surface area contributed by atoms with E-state index in [4.69, 9.17) is 4.74 Å². The Hall–Kier alpha value is -1.94. The number of hydrogen-bond donors (Lipinski definition) is 1. The van der Waals surface area contributed by atoms with Crippen LogP contribution in [0.15, 0.2) is 30.5 Å². The first kappa shape index (κ1) is 15.4. The van der Waals surface area contributed by atoms with Crippen molar-refractivity contribution in [3.05, 3.63) is 53.0 Å². The molecule has 4 heteroatoms. The van der Waals surface area contributed by atoms with Crippen LogP contribution in [-0.4, -0.2) is 11.5 Å². The zero-order valence-electron chi connectivity index (χ0n) is 12.7. The number of halogens is 1. The third-order valence-corrected chi connectivity index (χ3v) is 3.20. The molecule has 3 nitrogen and oxygen atoms in total. The van der Waals surface area contributed by atoms with Crippen molar-refractivity contribution in [3.63, 3.8) is 0 Å². The first-order valence-corrected chi connectivity index (χ1v) is 7.20. The average molecular weight is 288 g/mol. The number of rotatable bonds is 6. The molecule has 2 aromatic rings. The molecule has 1 aromatic carbocycles. The van der Waals surface area contributed by atoms with E-state index in [-0.39, 0.29) is 5.82 Å². The lowest BCUT2D eigenvalue weighted by molar-refractivity contribution is 0.453. The van der Waals surface area contributed by atoms with Gasteiger partial charge in [0.25, 0.3) is 0 Å². The van der Waals surface area contributed by atoms with Gasteiger partial charge in [0.05, 0.1) is 0 Å². The number of nitrogens with zero attached hydrogens (tertiary/aromatic N) is 1. The Kier molecular flexibility index (Phi) is 5.28. The minimum absolute atomic E-state index is 0.273. The summed E-state index contributed by atoms with van der Waals surface area (Å²) in [6.07, 6.45) is 2.89. The van der Waals surface area contributed by atoms with Gasteiger partial charge in [-0.3, -0.25) is 0 Å². The number of pyridine rings is 1. The number of hydrogen-bond acceptors (Lipinski definition) is 3. The van der Waals surface area contributed by atoms with Crippen molar-refractivity contribution < 1.29 is 9.13 Å². The van der Waals surface area contributed by atoms with Crippen LogP contribution >= 0.6 is 0 Å². The monoisotopic (exact) mass is 288 g/mol. The third kappa shape index (κ3) is 4.26. The van der Waals surface area contributed by atoms with Gasteiger partial charge in [-0.25, -0.2) is 9.37 Å². The van der Waals surface area contributed by atoms with E-state index in [1.807, 2.05) is 13.0 Å². The molecule has 0 saturated heterocycles. The Balaban J connectivity index is 2.08. The molecule has 0 bridgehead atoms. The van der Waals surface area contributed by atoms with Crippen molar-refractivity contribution in [2.45, 2.75) is 33.7 Å². The van der Waals surface area contributed by atoms with Crippen molar-refractivity contribution in [3.8, 4) is 11.6 Å². The molecule has 0 aliphatic heterocycles. The molecule has 0 unspecified atom stereocenters. The van der Waals surface area contributed by atoms with Crippen LogP contribution in [0.3, 0.4) is 0 Å². The smallest absolute Gasteiger partial charge is 0.222 e. The van der Waals surface area contributed by atoms with Gasteiger partial charge in [0.1, 0.15) is 11.6 Å². The van der Waals surface area contributed by atoms with E-state index in [1.165, 1.54) is 6.07 Å². The minimum atomic E-state index is -0.273. The van der Waals surface area contributed by atoms with E-state index in [0.717, 1.165) is 30.6 Å². The standard InChI is InChI=1S/C17H21FN2O/c1-4-7-19-10-14-8-13(3)17(20-11-14)21-15-6-5-12(2)16(18)9-15/h5-6,8-9,11,19H,4,7,10H2,1-3H3. The highest BCUT2D eigenvalue weighted by atomic mass is 19.1. The first-order chi connectivity index (χ1) is 10.1. The highest BCUT2D eigenvalue weighted by molar-refractivity contribution is 5.35. The van der Waals surface area contributed by atoms with Crippen LogP contribution in [0.2, 0.25) is 0 Å². The predicted molar refractivity (Wildman–Crippen MR) is 82.2 cm³/mol. The van der Waals surface area contributed by atoms with Crippen LogP contribution in [0.25, 0.3) is 0 Å². The SMILES string of the molecule is CCCNCc1cnc(Oc2ccc(C)c(F)c2)c(C)c1. The fourth-order valence-corrected chi connectivity index (χ4v) is 1.98. The summed E-state index contributed by atoms with van der Waals surface area (Å²) in [5.74, 6) is 0.702. The largest absolute Gasteiger partial charge is 0.439 e. The fourth-order valence-electron chi connectivity index (χ4n) is 1.98. The normalized spacial score (nSPS) is 10.7. The Morgan fingerprint density at radius 1 is 1.19 bits per heavy atom. The summed E-state index contributed by atoms with van der Waals surface area (Å²) in [6.45, 7) is 7.58. The summed E-state index contributed by atoms with van der Waals surface area (Å²) in [5, 5.41) is 3.33. The van der Waals surface area contributed by atoms with Crippen LogP contribution in [0.5, 0.6) is 11.6 Å². The Morgan fingerprint density at radius 2 is 2.00 bits per heavy atom. The van der Waals surface area contributed by atoms with Gasteiger partial charge in [0.2, 0.25) is 5.88 Å². The highest BCUT2D eigenvalue weighted by Crippen LogP contribution is 2.24. The Bertz CT molecular complexity index is 614. The lowest BCUT2D eigenvalue weighted by Crippen LogP contribution is -2.14. The number of nitrogens with one attached hydrogen (secondary N) is 1. The summed E-state index contributed by atoms with van der Waals surface area (Å²) >= 11 is 0. The number of aromatic nitrogens is 1. The van der Waals surface area contributed by atoms with Gasteiger partial charge in [-0.15, -0.1) is 0 Å². The molecule has 0 saturated carbocycles.